The lowest BCUT2D eigenvalue weighted by Crippen LogP contribution is -2.05. The molecule has 17 heavy (non-hydrogen) atoms. The van der Waals surface area contributed by atoms with Crippen LogP contribution >= 0.6 is 27.5 Å². The van der Waals surface area contributed by atoms with E-state index in [9.17, 15) is 9.50 Å². The van der Waals surface area contributed by atoms with E-state index in [2.05, 4.69) is 20.9 Å². The molecule has 0 saturated carbocycles. The monoisotopic (exact) mass is 315 g/mol. The molecule has 1 atom stereocenters. The Hall–Kier alpha value is -0.970. The molecule has 0 fully saturated rings. The average Bonchev–Trinajstić information content (AvgIpc) is 2.32. The van der Waals surface area contributed by atoms with Crippen molar-refractivity contribution in [1.82, 2.24) is 4.98 Å². The summed E-state index contributed by atoms with van der Waals surface area (Å²) >= 11 is 8.97. The van der Waals surface area contributed by atoms with Crippen molar-refractivity contribution in [2.75, 3.05) is 0 Å². The zero-order chi connectivity index (χ0) is 12.4. The Bertz CT molecular complexity index is 550. The molecule has 1 aromatic carbocycles. The van der Waals surface area contributed by atoms with Crippen molar-refractivity contribution in [2.45, 2.75) is 6.10 Å². The van der Waals surface area contributed by atoms with E-state index in [0.717, 1.165) is 0 Å². The SMILES string of the molecule is OC(c1cccc(Br)c1F)c1ncccc1Cl. The predicted octanol–water partition coefficient (Wildman–Crippen LogP) is 3.72. The first-order valence-electron chi connectivity index (χ1n) is 4.83. The second-order valence-electron chi connectivity index (χ2n) is 3.42. The van der Waals surface area contributed by atoms with Gasteiger partial charge in [0.05, 0.1) is 15.2 Å². The fraction of sp³-hybridized carbons (Fsp3) is 0.0833. The van der Waals surface area contributed by atoms with Gasteiger partial charge >= 0.3 is 0 Å². The topological polar surface area (TPSA) is 33.1 Å². The van der Waals surface area contributed by atoms with Crippen molar-refractivity contribution in [3.8, 4) is 0 Å². The standard InChI is InChI=1S/C12H8BrClFNO/c13-8-4-1-3-7(10(8)15)12(17)11-9(14)5-2-6-16-11/h1-6,12,17H. The van der Waals surface area contributed by atoms with Crippen LogP contribution in [0.4, 0.5) is 4.39 Å². The number of halogens is 3. The van der Waals surface area contributed by atoms with Gasteiger partial charge in [-0.15, -0.1) is 0 Å². The van der Waals surface area contributed by atoms with Gasteiger partial charge in [0.25, 0.3) is 0 Å². The molecule has 0 radical (unpaired) electrons. The van der Waals surface area contributed by atoms with Gasteiger partial charge < -0.3 is 5.11 Å². The van der Waals surface area contributed by atoms with Crippen LogP contribution in [0, 0.1) is 5.82 Å². The van der Waals surface area contributed by atoms with Gasteiger partial charge in [0.15, 0.2) is 0 Å². The summed E-state index contributed by atoms with van der Waals surface area (Å²) in [4.78, 5) is 3.96. The molecule has 0 saturated heterocycles. The van der Waals surface area contributed by atoms with Gasteiger partial charge in [0.1, 0.15) is 11.9 Å². The highest BCUT2D eigenvalue weighted by Crippen LogP contribution is 2.30. The van der Waals surface area contributed by atoms with Crippen LogP contribution in [-0.4, -0.2) is 10.1 Å². The van der Waals surface area contributed by atoms with Crippen LogP contribution in [0.2, 0.25) is 5.02 Å². The summed E-state index contributed by atoms with van der Waals surface area (Å²) in [6.07, 6.45) is 0.321. The summed E-state index contributed by atoms with van der Waals surface area (Å²) in [5, 5.41) is 10.4. The molecular weight excluding hydrogens is 308 g/mol. The van der Waals surface area contributed by atoms with E-state index in [-0.39, 0.29) is 11.3 Å². The average molecular weight is 317 g/mol. The molecule has 2 nitrogen and oxygen atoms in total. The first-order valence-corrected chi connectivity index (χ1v) is 6.00. The lowest BCUT2D eigenvalue weighted by molar-refractivity contribution is 0.210. The van der Waals surface area contributed by atoms with Crippen molar-refractivity contribution in [2.24, 2.45) is 0 Å². The second-order valence-corrected chi connectivity index (χ2v) is 4.68. The lowest BCUT2D eigenvalue weighted by Gasteiger charge is -2.13. The van der Waals surface area contributed by atoms with E-state index in [1.165, 1.54) is 12.3 Å². The molecule has 1 unspecified atom stereocenters. The van der Waals surface area contributed by atoms with Crippen molar-refractivity contribution < 1.29 is 9.50 Å². The molecule has 2 aromatic rings. The molecule has 1 N–H and O–H groups in total. The molecule has 5 heteroatoms. The van der Waals surface area contributed by atoms with Gasteiger partial charge in [0.2, 0.25) is 0 Å². The van der Waals surface area contributed by atoms with E-state index in [1.807, 2.05) is 0 Å². The van der Waals surface area contributed by atoms with E-state index in [1.54, 1.807) is 24.3 Å². The Kier molecular flexibility index (Phi) is 3.76. The number of rotatable bonds is 2. The normalized spacial score (nSPS) is 12.5. The highest BCUT2D eigenvalue weighted by atomic mass is 79.9. The van der Waals surface area contributed by atoms with Crippen molar-refractivity contribution in [3.05, 3.63) is 63.1 Å². The number of hydrogen-bond acceptors (Lipinski definition) is 2. The van der Waals surface area contributed by atoms with Gasteiger partial charge in [-0.05, 0) is 34.1 Å². The van der Waals surface area contributed by atoms with Crippen LogP contribution in [0.3, 0.4) is 0 Å². The zero-order valence-corrected chi connectivity index (χ0v) is 10.9. The maximum Gasteiger partial charge on any atom is 0.143 e. The summed E-state index contributed by atoms with van der Waals surface area (Å²) < 4.78 is 14.1. The molecule has 88 valence electrons. The predicted molar refractivity (Wildman–Crippen MR) is 67.4 cm³/mol. The molecule has 1 aromatic heterocycles. The van der Waals surface area contributed by atoms with E-state index >= 15 is 0 Å². The molecular formula is C12H8BrClFNO. The van der Waals surface area contributed by atoms with E-state index in [0.29, 0.717) is 9.50 Å². The highest BCUT2D eigenvalue weighted by molar-refractivity contribution is 9.10. The van der Waals surface area contributed by atoms with Crippen LogP contribution in [0.5, 0.6) is 0 Å². The highest BCUT2D eigenvalue weighted by Gasteiger charge is 2.19. The number of pyridine rings is 1. The maximum absolute atomic E-state index is 13.8. The first-order chi connectivity index (χ1) is 8.11. The van der Waals surface area contributed by atoms with Crippen LogP contribution < -0.4 is 0 Å². The first kappa shape index (κ1) is 12.5. The van der Waals surface area contributed by atoms with E-state index in [4.69, 9.17) is 11.6 Å². The Labute approximate surface area is 111 Å². The minimum atomic E-state index is -1.18. The Balaban J connectivity index is 2.48. The Morgan fingerprint density at radius 3 is 2.76 bits per heavy atom. The molecule has 0 aliphatic heterocycles. The second kappa shape index (κ2) is 5.12. The van der Waals surface area contributed by atoms with Gasteiger partial charge in [0, 0.05) is 11.8 Å². The molecule has 0 aliphatic rings. The van der Waals surface area contributed by atoms with Gasteiger partial charge in [-0.2, -0.15) is 0 Å². The third kappa shape index (κ3) is 2.49. The fourth-order valence-electron chi connectivity index (χ4n) is 1.48. The summed E-state index contributed by atoms with van der Waals surface area (Å²) in [5.74, 6) is -0.512. The maximum atomic E-state index is 13.8. The molecule has 1 heterocycles. The van der Waals surface area contributed by atoms with E-state index < -0.39 is 11.9 Å². The molecule has 0 bridgehead atoms. The van der Waals surface area contributed by atoms with Gasteiger partial charge in [-0.3, -0.25) is 4.98 Å². The molecule has 0 spiro atoms. The quantitative estimate of drug-likeness (QED) is 0.916. The summed E-state index contributed by atoms with van der Waals surface area (Å²) in [6, 6.07) is 7.95. The van der Waals surface area contributed by atoms with Crippen LogP contribution in [-0.2, 0) is 0 Å². The Morgan fingerprint density at radius 2 is 2.06 bits per heavy atom. The minimum Gasteiger partial charge on any atom is -0.382 e. The fourth-order valence-corrected chi connectivity index (χ4v) is 2.08. The largest absolute Gasteiger partial charge is 0.382 e. The van der Waals surface area contributed by atoms with Crippen LogP contribution in [0.15, 0.2) is 41.0 Å². The molecule has 0 aliphatic carbocycles. The van der Waals surface area contributed by atoms with Crippen molar-refractivity contribution in [3.63, 3.8) is 0 Å². The number of aromatic nitrogens is 1. The number of aliphatic hydroxyl groups is 1. The third-order valence-corrected chi connectivity index (χ3v) is 3.25. The van der Waals surface area contributed by atoms with Gasteiger partial charge in [-0.25, -0.2) is 4.39 Å². The summed E-state index contributed by atoms with van der Waals surface area (Å²) in [5.41, 5.74) is 0.381. The van der Waals surface area contributed by atoms with Gasteiger partial charge in [-0.1, -0.05) is 23.7 Å². The number of benzene rings is 1. The zero-order valence-electron chi connectivity index (χ0n) is 8.57. The minimum absolute atomic E-state index is 0.139. The van der Waals surface area contributed by atoms with Crippen LogP contribution in [0.25, 0.3) is 0 Å². The third-order valence-electron chi connectivity index (χ3n) is 2.32. The Morgan fingerprint density at radius 1 is 1.29 bits per heavy atom. The summed E-state index contributed by atoms with van der Waals surface area (Å²) in [7, 11) is 0. The number of nitrogens with zero attached hydrogens (tertiary/aromatic N) is 1. The molecule has 0 amide bonds. The summed E-state index contributed by atoms with van der Waals surface area (Å²) in [6.45, 7) is 0. The van der Waals surface area contributed by atoms with Crippen molar-refractivity contribution in [1.29, 1.82) is 0 Å². The smallest absolute Gasteiger partial charge is 0.143 e. The number of aliphatic hydroxyl groups excluding tert-OH is 1. The lowest BCUT2D eigenvalue weighted by atomic mass is 10.1. The number of hydrogen-bond donors (Lipinski definition) is 1. The van der Waals surface area contributed by atoms with Crippen molar-refractivity contribution >= 4 is 27.5 Å². The van der Waals surface area contributed by atoms with Crippen LogP contribution in [0.1, 0.15) is 17.4 Å². The molecule has 2 rings (SSSR count).